The molecule has 0 saturated heterocycles. The zero-order chi connectivity index (χ0) is 14.0. The summed E-state index contributed by atoms with van der Waals surface area (Å²) in [5, 5.41) is 0. The van der Waals surface area contributed by atoms with Gasteiger partial charge in [0.2, 0.25) is 0 Å². The number of halogens is 3. The van der Waals surface area contributed by atoms with Crippen molar-refractivity contribution in [2.45, 2.75) is 6.18 Å². The number of benzene rings is 1. The van der Waals surface area contributed by atoms with Crippen LogP contribution in [0.1, 0.15) is 0 Å². The van der Waals surface area contributed by atoms with Crippen molar-refractivity contribution >= 4 is 21.6 Å². The van der Waals surface area contributed by atoms with Gasteiger partial charge in [-0.25, -0.2) is 0 Å². The molecule has 0 aliphatic heterocycles. The second-order valence-corrected chi connectivity index (χ2v) is 5.29. The quantitative estimate of drug-likeness (QED) is 0.813. The molecule has 0 radical (unpaired) electrons. The molecule has 0 atom stereocenters. The van der Waals surface area contributed by atoms with E-state index in [9.17, 15) is 21.6 Å². The lowest BCUT2D eigenvalue weighted by Crippen LogP contribution is -2.42. The van der Waals surface area contributed by atoms with Crippen LogP contribution in [0, 0.1) is 0 Å². The van der Waals surface area contributed by atoms with Gasteiger partial charge in [-0.15, -0.1) is 0 Å². The molecule has 9 heteroatoms. The Morgan fingerprint density at radius 2 is 1.78 bits per heavy atom. The topological polar surface area (TPSA) is 75.4 Å². The van der Waals surface area contributed by atoms with E-state index in [4.69, 9.17) is 5.73 Å². The Kier molecular flexibility index (Phi) is 4.07. The number of hydrogen-bond acceptors (Lipinski definition) is 3. The second-order valence-electron chi connectivity index (χ2n) is 3.50. The van der Waals surface area contributed by atoms with Crippen LogP contribution >= 0.6 is 0 Å². The van der Waals surface area contributed by atoms with Crippen molar-refractivity contribution in [3.05, 3.63) is 24.3 Å². The van der Waals surface area contributed by atoms with Gasteiger partial charge in [0.1, 0.15) is 6.54 Å². The summed E-state index contributed by atoms with van der Waals surface area (Å²) in [6.07, 6.45) is -4.60. The highest BCUT2D eigenvalue weighted by atomic mass is 32.2. The summed E-state index contributed by atoms with van der Waals surface area (Å²) in [5.74, 6) is 0. The lowest BCUT2D eigenvalue weighted by molar-refractivity contribution is -0.121. The number of anilines is 2. The molecule has 0 aliphatic rings. The van der Waals surface area contributed by atoms with Gasteiger partial charge in [-0.05, 0) is 24.3 Å². The standard InChI is InChI=1S/C9H12F3N3O2S/c1-15(8-4-2-7(13)3-5-8)18(16,17)14-6-9(10,11)12/h2-5,14H,6,13H2,1H3. The molecule has 0 amide bonds. The Morgan fingerprint density at radius 1 is 1.28 bits per heavy atom. The highest BCUT2D eigenvalue weighted by molar-refractivity contribution is 7.90. The van der Waals surface area contributed by atoms with E-state index in [2.05, 4.69) is 0 Å². The summed E-state index contributed by atoms with van der Waals surface area (Å²) in [4.78, 5) is 0. The molecule has 18 heavy (non-hydrogen) atoms. The van der Waals surface area contributed by atoms with Crippen molar-refractivity contribution in [2.75, 3.05) is 23.6 Å². The number of nitrogens with zero attached hydrogens (tertiary/aromatic N) is 1. The Morgan fingerprint density at radius 3 is 2.22 bits per heavy atom. The molecule has 0 bridgehead atoms. The van der Waals surface area contributed by atoms with Gasteiger partial charge in [-0.2, -0.15) is 26.3 Å². The van der Waals surface area contributed by atoms with E-state index >= 15 is 0 Å². The fraction of sp³-hybridized carbons (Fsp3) is 0.333. The average molecular weight is 283 g/mol. The van der Waals surface area contributed by atoms with Crippen LogP contribution in [0.2, 0.25) is 0 Å². The molecule has 0 heterocycles. The fourth-order valence-electron chi connectivity index (χ4n) is 1.09. The Bertz CT molecular complexity index is 499. The number of nitrogen functional groups attached to an aromatic ring is 1. The zero-order valence-electron chi connectivity index (χ0n) is 9.40. The molecule has 0 spiro atoms. The number of hydrogen-bond donors (Lipinski definition) is 2. The first-order chi connectivity index (χ1) is 8.12. The highest BCUT2D eigenvalue weighted by Crippen LogP contribution is 2.18. The van der Waals surface area contributed by atoms with Crippen molar-refractivity contribution in [1.82, 2.24) is 4.72 Å². The zero-order valence-corrected chi connectivity index (χ0v) is 10.2. The molecule has 0 saturated carbocycles. The van der Waals surface area contributed by atoms with E-state index in [0.29, 0.717) is 9.99 Å². The van der Waals surface area contributed by atoms with Crippen LogP contribution in [0.25, 0.3) is 0 Å². The van der Waals surface area contributed by atoms with E-state index in [1.807, 2.05) is 0 Å². The van der Waals surface area contributed by atoms with E-state index < -0.39 is 22.9 Å². The van der Waals surface area contributed by atoms with Crippen LogP contribution in [-0.2, 0) is 10.2 Å². The van der Waals surface area contributed by atoms with Crippen LogP contribution < -0.4 is 14.8 Å². The maximum absolute atomic E-state index is 11.9. The number of nitrogens with two attached hydrogens (primary N) is 1. The van der Waals surface area contributed by atoms with E-state index in [-0.39, 0.29) is 5.69 Å². The van der Waals surface area contributed by atoms with Gasteiger partial charge in [0.05, 0.1) is 5.69 Å². The van der Waals surface area contributed by atoms with Crippen molar-refractivity contribution < 1.29 is 21.6 Å². The summed E-state index contributed by atoms with van der Waals surface area (Å²) in [7, 11) is -3.09. The molecule has 0 aliphatic carbocycles. The summed E-state index contributed by atoms with van der Waals surface area (Å²) in [6, 6.07) is 5.68. The smallest absolute Gasteiger partial charge is 0.399 e. The van der Waals surface area contributed by atoms with E-state index in [0.717, 1.165) is 7.05 Å². The average Bonchev–Trinajstić information content (AvgIpc) is 2.26. The number of rotatable bonds is 4. The molecule has 0 fully saturated rings. The van der Waals surface area contributed by atoms with E-state index in [1.165, 1.54) is 29.0 Å². The Labute approximate surface area is 103 Å². The molecule has 1 rings (SSSR count). The molecular weight excluding hydrogens is 271 g/mol. The van der Waals surface area contributed by atoms with Crippen molar-refractivity contribution in [3.63, 3.8) is 0 Å². The number of alkyl halides is 3. The van der Waals surface area contributed by atoms with Gasteiger partial charge in [0.15, 0.2) is 0 Å². The van der Waals surface area contributed by atoms with Gasteiger partial charge < -0.3 is 5.73 Å². The first-order valence-electron chi connectivity index (χ1n) is 4.77. The third kappa shape index (κ3) is 4.08. The molecule has 1 aromatic carbocycles. The Balaban J connectivity index is 2.82. The first kappa shape index (κ1) is 14.6. The van der Waals surface area contributed by atoms with Crippen LogP contribution in [0.15, 0.2) is 24.3 Å². The van der Waals surface area contributed by atoms with E-state index in [1.54, 1.807) is 0 Å². The predicted molar refractivity (Wildman–Crippen MR) is 62.2 cm³/mol. The summed E-state index contributed by atoms with van der Waals surface area (Å²) >= 11 is 0. The lowest BCUT2D eigenvalue weighted by atomic mass is 10.3. The third-order valence-corrected chi connectivity index (χ3v) is 3.51. The minimum absolute atomic E-state index is 0.207. The normalized spacial score (nSPS) is 12.4. The van der Waals surface area contributed by atoms with Crippen LogP contribution in [0.3, 0.4) is 0 Å². The van der Waals surface area contributed by atoms with Gasteiger partial charge in [-0.3, -0.25) is 4.31 Å². The molecule has 0 unspecified atom stereocenters. The minimum atomic E-state index is -4.60. The fourth-order valence-corrected chi connectivity index (χ4v) is 2.03. The summed E-state index contributed by atoms with van der Waals surface area (Å²) < 4.78 is 61.1. The van der Waals surface area contributed by atoms with Gasteiger partial charge >= 0.3 is 16.4 Å². The predicted octanol–water partition coefficient (Wildman–Crippen LogP) is 1.10. The van der Waals surface area contributed by atoms with Crippen LogP contribution in [0.5, 0.6) is 0 Å². The molecular formula is C9H12F3N3O2S. The third-order valence-electron chi connectivity index (χ3n) is 2.07. The molecule has 102 valence electrons. The SMILES string of the molecule is CN(c1ccc(N)cc1)S(=O)(=O)NCC(F)(F)F. The maximum Gasteiger partial charge on any atom is 0.402 e. The first-order valence-corrected chi connectivity index (χ1v) is 6.22. The van der Waals surface area contributed by atoms with Crippen LogP contribution in [-0.4, -0.2) is 28.2 Å². The van der Waals surface area contributed by atoms with Crippen molar-refractivity contribution in [1.29, 1.82) is 0 Å². The second kappa shape index (κ2) is 5.02. The summed E-state index contributed by atoms with van der Waals surface area (Å²) in [6.45, 7) is -1.62. The monoisotopic (exact) mass is 283 g/mol. The molecule has 1 aromatic rings. The van der Waals surface area contributed by atoms with Crippen molar-refractivity contribution in [3.8, 4) is 0 Å². The van der Waals surface area contributed by atoms with Crippen LogP contribution in [0.4, 0.5) is 24.5 Å². The lowest BCUT2D eigenvalue weighted by Gasteiger charge is -2.20. The van der Waals surface area contributed by atoms with Crippen molar-refractivity contribution in [2.24, 2.45) is 0 Å². The molecule has 0 aromatic heterocycles. The summed E-state index contributed by atoms with van der Waals surface area (Å²) in [5.41, 5.74) is 6.05. The van der Waals surface area contributed by atoms with Gasteiger partial charge in [0, 0.05) is 12.7 Å². The number of nitrogens with one attached hydrogen (secondary N) is 1. The minimum Gasteiger partial charge on any atom is -0.399 e. The van der Waals surface area contributed by atoms with Gasteiger partial charge in [-0.1, -0.05) is 0 Å². The Hall–Kier alpha value is -1.48. The maximum atomic E-state index is 11.9. The highest BCUT2D eigenvalue weighted by Gasteiger charge is 2.30. The molecule has 5 nitrogen and oxygen atoms in total. The van der Waals surface area contributed by atoms with Gasteiger partial charge in [0.25, 0.3) is 0 Å². The molecule has 3 N–H and O–H groups in total. The largest absolute Gasteiger partial charge is 0.402 e.